The second-order valence-electron chi connectivity index (χ2n) is 9.41. The predicted octanol–water partition coefficient (Wildman–Crippen LogP) is 2.69. The van der Waals surface area contributed by atoms with Gasteiger partial charge >= 0.3 is 6.01 Å². The standard InChI is InChI=1S/C23H32ClFN6O/c1-15-19(24)12-18-21(20(15)25)27-23(32-11-3-6-30-9-7-29(2)8-10-30)28-22(18)31-13-16-4-5-17(14-31)26-16/h12,16-17,26H,3-11,13-14H2,1-2H3. The summed E-state index contributed by atoms with van der Waals surface area (Å²) in [7, 11) is 2.16. The molecule has 3 saturated heterocycles. The van der Waals surface area contributed by atoms with Crippen molar-refractivity contribution in [2.45, 2.75) is 38.3 Å². The van der Waals surface area contributed by atoms with E-state index in [1.807, 2.05) is 0 Å². The molecule has 0 aliphatic carbocycles. The quantitative estimate of drug-likeness (QED) is 0.662. The minimum atomic E-state index is -0.392. The fourth-order valence-corrected chi connectivity index (χ4v) is 5.25. The number of ether oxygens (including phenoxy) is 1. The van der Waals surface area contributed by atoms with E-state index < -0.39 is 5.82 Å². The largest absolute Gasteiger partial charge is 0.463 e. The van der Waals surface area contributed by atoms with Crippen LogP contribution in [0, 0.1) is 12.7 Å². The molecule has 0 saturated carbocycles. The maximum atomic E-state index is 15.1. The van der Waals surface area contributed by atoms with Crippen molar-refractivity contribution in [3.8, 4) is 6.01 Å². The minimum Gasteiger partial charge on any atom is -0.463 e. The number of aromatic nitrogens is 2. The number of likely N-dealkylation sites (N-methyl/N-ethyl adjacent to an activating group) is 1. The van der Waals surface area contributed by atoms with E-state index in [0.29, 0.717) is 34.7 Å². The molecule has 4 heterocycles. The fraction of sp³-hybridized carbons (Fsp3) is 0.652. The number of anilines is 1. The molecular weight excluding hydrogens is 431 g/mol. The molecule has 174 valence electrons. The highest BCUT2D eigenvalue weighted by atomic mass is 35.5. The Morgan fingerprint density at radius 3 is 2.59 bits per heavy atom. The van der Waals surface area contributed by atoms with Crippen molar-refractivity contribution in [2.75, 3.05) is 64.4 Å². The third-order valence-electron chi connectivity index (χ3n) is 7.03. The third-order valence-corrected chi connectivity index (χ3v) is 7.43. The number of nitrogens with zero attached hydrogens (tertiary/aromatic N) is 5. The predicted molar refractivity (Wildman–Crippen MR) is 125 cm³/mol. The molecule has 2 atom stereocenters. The van der Waals surface area contributed by atoms with Crippen LogP contribution in [0.15, 0.2) is 6.07 Å². The molecular formula is C23H32ClFN6O. The van der Waals surface area contributed by atoms with Gasteiger partial charge in [-0.15, -0.1) is 0 Å². The number of benzene rings is 1. The van der Waals surface area contributed by atoms with Gasteiger partial charge in [0.25, 0.3) is 0 Å². The Kier molecular flexibility index (Phi) is 6.38. The minimum absolute atomic E-state index is 0.248. The van der Waals surface area contributed by atoms with Crippen LogP contribution in [-0.2, 0) is 0 Å². The third kappa shape index (κ3) is 4.51. The molecule has 3 aliphatic rings. The molecule has 1 aromatic heterocycles. The Hall–Kier alpha value is -1.74. The van der Waals surface area contributed by atoms with Crippen molar-refractivity contribution < 1.29 is 9.13 Å². The SMILES string of the molecule is Cc1c(Cl)cc2c(N3CC4CCC(C3)N4)nc(OCCCN3CCN(C)CC3)nc2c1F. The first-order valence-corrected chi connectivity index (χ1v) is 12.1. The number of hydrogen-bond acceptors (Lipinski definition) is 7. The van der Waals surface area contributed by atoms with Gasteiger partial charge in [0.05, 0.1) is 6.61 Å². The van der Waals surface area contributed by atoms with Crippen LogP contribution >= 0.6 is 11.6 Å². The van der Waals surface area contributed by atoms with E-state index in [-0.39, 0.29) is 11.5 Å². The number of halogens is 2. The summed E-state index contributed by atoms with van der Waals surface area (Å²) < 4.78 is 21.1. The van der Waals surface area contributed by atoms with E-state index in [4.69, 9.17) is 21.3 Å². The smallest absolute Gasteiger partial charge is 0.319 e. The number of nitrogens with one attached hydrogen (secondary N) is 1. The highest BCUT2D eigenvalue weighted by Gasteiger charge is 2.34. The van der Waals surface area contributed by atoms with Crippen molar-refractivity contribution in [1.29, 1.82) is 0 Å². The first kappa shape index (κ1) is 22.1. The molecule has 32 heavy (non-hydrogen) atoms. The molecule has 2 bridgehead atoms. The van der Waals surface area contributed by atoms with Crippen LogP contribution in [0.4, 0.5) is 10.2 Å². The van der Waals surface area contributed by atoms with Gasteiger partial charge in [0.15, 0.2) is 5.82 Å². The average molecular weight is 463 g/mol. The van der Waals surface area contributed by atoms with Gasteiger partial charge in [-0.2, -0.15) is 9.97 Å². The van der Waals surface area contributed by atoms with Gasteiger partial charge in [0.1, 0.15) is 11.3 Å². The Bertz CT molecular complexity index is 971. The molecule has 0 spiro atoms. The first-order valence-electron chi connectivity index (χ1n) is 11.7. The lowest BCUT2D eigenvalue weighted by Crippen LogP contribution is -2.51. The molecule has 0 amide bonds. The maximum Gasteiger partial charge on any atom is 0.319 e. The van der Waals surface area contributed by atoms with Gasteiger partial charge in [-0.1, -0.05) is 11.6 Å². The van der Waals surface area contributed by atoms with Gasteiger partial charge in [-0.3, -0.25) is 0 Å². The summed E-state index contributed by atoms with van der Waals surface area (Å²) >= 11 is 6.33. The molecule has 1 N–H and O–H groups in total. The van der Waals surface area contributed by atoms with E-state index >= 15 is 4.39 Å². The Morgan fingerprint density at radius 1 is 1.16 bits per heavy atom. The van der Waals surface area contributed by atoms with Crippen molar-refractivity contribution in [3.05, 3.63) is 22.5 Å². The zero-order chi connectivity index (χ0) is 22.2. The zero-order valence-corrected chi connectivity index (χ0v) is 19.7. The Balaban J connectivity index is 1.35. The molecule has 2 aromatic rings. The van der Waals surface area contributed by atoms with Crippen molar-refractivity contribution >= 4 is 28.3 Å². The molecule has 2 unspecified atom stereocenters. The topological polar surface area (TPSA) is 56.8 Å². The second kappa shape index (κ2) is 9.25. The Labute approximate surface area is 193 Å². The first-order chi connectivity index (χ1) is 15.5. The highest BCUT2D eigenvalue weighted by Crippen LogP contribution is 2.35. The van der Waals surface area contributed by atoms with Crippen LogP contribution in [-0.4, -0.2) is 91.3 Å². The van der Waals surface area contributed by atoms with Gasteiger partial charge in [-0.05, 0) is 39.3 Å². The van der Waals surface area contributed by atoms with Crippen molar-refractivity contribution in [1.82, 2.24) is 25.1 Å². The lowest BCUT2D eigenvalue weighted by molar-refractivity contribution is 0.144. The summed E-state index contributed by atoms with van der Waals surface area (Å²) in [5, 5.41) is 4.69. The molecule has 5 rings (SSSR count). The molecule has 3 fully saturated rings. The van der Waals surface area contributed by atoms with Gasteiger partial charge in [-0.25, -0.2) is 4.39 Å². The summed E-state index contributed by atoms with van der Waals surface area (Å²) in [4.78, 5) is 16.2. The maximum absolute atomic E-state index is 15.1. The van der Waals surface area contributed by atoms with Crippen LogP contribution < -0.4 is 15.0 Å². The van der Waals surface area contributed by atoms with E-state index in [1.54, 1.807) is 13.0 Å². The Morgan fingerprint density at radius 2 is 1.88 bits per heavy atom. The number of hydrogen-bond donors (Lipinski definition) is 1. The lowest BCUT2D eigenvalue weighted by atomic mass is 10.1. The van der Waals surface area contributed by atoms with Crippen LogP contribution in [0.5, 0.6) is 6.01 Å². The monoisotopic (exact) mass is 462 g/mol. The number of rotatable bonds is 6. The lowest BCUT2D eigenvalue weighted by Gasteiger charge is -2.34. The second-order valence-corrected chi connectivity index (χ2v) is 9.82. The normalized spacial score (nSPS) is 24.4. The molecule has 7 nitrogen and oxygen atoms in total. The summed E-state index contributed by atoms with van der Waals surface area (Å²) in [6.07, 6.45) is 3.21. The summed E-state index contributed by atoms with van der Waals surface area (Å²) in [6, 6.07) is 2.93. The summed E-state index contributed by atoms with van der Waals surface area (Å²) in [5.74, 6) is 0.333. The van der Waals surface area contributed by atoms with Gasteiger partial charge in [0.2, 0.25) is 0 Å². The van der Waals surface area contributed by atoms with Crippen LogP contribution in [0.1, 0.15) is 24.8 Å². The molecule has 9 heteroatoms. The average Bonchev–Trinajstić information content (AvgIpc) is 3.13. The van der Waals surface area contributed by atoms with Gasteiger partial charge in [0, 0.05) is 73.9 Å². The van der Waals surface area contributed by atoms with E-state index in [9.17, 15) is 0 Å². The van der Waals surface area contributed by atoms with E-state index in [2.05, 4.69) is 32.0 Å². The van der Waals surface area contributed by atoms with Crippen molar-refractivity contribution in [2.24, 2.45) is 0 Å². The summed E-state index contributed by atoms with van der Waals surface area (Å²) in [6.45, 7) is 9.25. The van der Waals surface area contributed by atoms with E-state index in [1.165, 1.54) is 0 Å². The van der Waals surface area contributed by atoms with Crippen molar-refractivity contribution in [3.63, 3.8) is 0 Å². The summed E-state index contributed by atoms with van der Waals surface area (Å²) in [5.41, 5.74) is 0.696. The number of piperazine rings is 2. The number of fused-ring (bicyclic) bond motifs is 3. The molecule has 1 aromatic carbocycles. The zero-order valence-electron chi connectivity index (χ0n) is 18.9. The molecule has 3 aliphatic heterocycles. The fourth-order valence-electron chi connectivity index (χ4n) is 5.05. The van der Waals surface area contributed by atoms with Gasteiger partial charge < -0.3 is 24.8 Å². The van der Waals surface area contributed by atoms with E-state index in [0.717, 1.165) is 70.9 Å². The molecule has 0 radical (unpaired) electrons. The van der Waals surface area contributed by atoms with Crippen LogP contribution in [0.3, 0.4) is 0 Å². The van der Waals surface area contributed by atoms with Crippen LogP contribution in [0.2, 0.25) is 5.02 Å². The highest BCUT2D eigenvalue weighted by molar-refractivity contribution is 6.32. The van der Waals surface area contributed by atoms with Crippen LogP contribution in [0.25, 0.3) is 10.9 Å².